The van der Waals surface area contributed by atoms with Gasteiger partial charge in [-0.25, -0.2) is 0 Å². The van der Waals surface area contributed by atoms with E-state index in [9.17, 15) is 0 Å². The van der Waals surface area contributed by atoms with Crippen molar-refractivity contribution in [2.75, 3.05) is 0 Å². The van der Waals surface area contributed by atoms with E-state index in [-0.39, 0.29) is 6.71 Å². The van der Waals surface area contributed by atoms with Gasteiger partial charge in [-0.05, 0) is 61.8 Å². The first-order valence-electron chi connectivity index (χ1n) is 17.0. The Bertz CT molecular complexity index is 3040. The van der Waals surface area contributed by atoms with Gasteiger partial charge in [0.15, 0.2) is 0 Å². The molecule has 234 valence electrons. The van der Waals surface area contributed by atoms with E-state index in [0.29, 0.717) is 0 Å². The van der Waals surface area contributed by atoms with Gasteiger partial charge in [-0.1, -0.05) is 124 Å². The molecule has 3 aromatic heterocycles. The highest BCUT2D eigenvalue weighted by Crippen LogP contribution is 2.49. The topological polar surface area (TPSA) is 31.2 Å². The van der Waals surface area contributed by atoms with Crippen LogP contribution in [0.2, 0.25) is 0 Å². The number of aromatic nitrogens is 1. The first-order chi connectivity index (χ1) is 24.6. The summed E-state index contributed by atoms with van der Waals surface area (Å²) in [6, 6.07) is 44.4. The third kappa shape index (κ3) is 3.50. The van der Waals surface area contributed by atoms with Crippen molar-refractivity contribution in [2.45, 2.75) is 33.4 Å². The fourth-order valence-corrected chi connectivity index (χ4v) is 11.4. The van der Waals surface area contributed by atoms with Crippen molar-refractivity contribution >= 4 is 112 Å². The average Bonchev–Trinajstić information content (AvgIpc) is 3.80. The molecule has 6 heteroatoms. The summed E-state index contributed by atoms with van der Waals surface area (Å²) >= 11 is 3.83. The maximum absolute atomic E-state index is 6.80. The number of benzene rings is 7. The van der Waals surface area contributed by atoms with Crippen LogP contribution in [-0.2, 0) is 0 Å². The Hall–Kier alpha value is -5.30. The number of nitrogens with zero attached hydrogens (tertiary/aromatic N) is 1. The summed E-state index contributed by atoms with van der Waals surface area (Å²) in [6.07, 6.45) is 0. The second-order valence-corrected chi connectivity index (χ2v) is 15.9. The highest BCUT2D eigenvalue weighted by Gasteiger charge is 2.39. The normalized spacial score (nSPS) is 13.6. The Labute approximate surface area is 295 Å². The van der Waals surface area contributed by atoms with Crippen LogP contribution in [0.3, 0.4) is 0 Å². The van der Waals surface area contributed by atoms with Crippen molar-refractivity contribution in [3.05, 3.63) is 132 Å². The molecule has 10 aromatic rings. The number of hydrogen-bond donors (Lipinski definition) is 0. The minimum atomic E-state index is 0.209. The zero-order chi connectivity index (χ0) is 32.8. The predicted octanol–water partition coefficient (Wildman–Crippen LogP) is 10.6. The fourth-order valence-electron chi connectivity index (χ4n) is 8.70. The van der Waals surface area contributed by atoms with Gasteiger partial charge >= 0.3 is 0 Å². The molecule has 0 amide bonds. The number of furan rings is 2. The Morgan fingerprint density at radius 1 is 0.520 bits per heavy atom. The van der Waals surface area contributed by atoms with E-state index in [2.05, 4.69) is 134 Å². The van der Waals surface area contributed by atoms with Gasteiger partial charge in [0, 0.05) is 41.4 Å². The second-order valence-electron chi connectivity index (χ2n) is 13.8. The maximum Gasteiger partial charge on any atom is 0.247 e. The third-order valence-electron chi connectivity index (χ3n) is 10.8. The smallest absolute Gasteiger partial charge is 0.247 e. The summed E-state index contributed by atoms with van der Waals surface area (Å²) in [6.45, 7) is 4.60. The highest BCUT2D eigenvalue weighted by molar-refractivity contribution is 8.01. The lowest BCUT2D eigenvalue weighted by Gasteiger charge is -2.33. The molecule has 0 saturated carbocycles. The molecule has 5 heterocycles. The number of rotatable bonds is 1. The van der Waals surface area contributed by atoms with E-state index in [1.54, 1.807) is 0 Å². The molecule has 0 atom stereocenters. The van der Waals surface area contributed by atoms with Crippen LogP contribution in [-0.4, -0.2) is 11.3 Å². The van der Waals surface area contributed by atoms with Gasteiger partial charge in [-0.15, -0.1) is 0 Å². The zero-order valence-electron chi connectivity index (χ0n) is 27.2. The molecule has 2 aliphatic rings. The largest absolute Gasteiger partial charge is 0.455 e. The maximum atomic E-state index is 6.80. The lowest BCUT2D eigenvalue weighted by Crippen LogP contribution is -2.58. The average molecular weight is 676 g/mol. The van der Waals surface area contributed by atoms with Crippen molar-refractivity contribution in [3.8, 4) is 5.69 Å². The number of aryl methyl sites for hydroxylation is 2. The van der Waals surface area contributed by atoms with Crippen molar-refractivity contribution in [1.82, 2.24) is 4.57 Å². The molecular formula is C44H26BNO2S2. The molecule has 0 radical (unpaired) electrons. The molecule has 50 heavy (non-hydrogen) atoms. The monoisotopic (exact) mass is 675 g/mol. The van der Waals surface area contributed by atoms with E-state index in [1.807, 2.05) is 29.6 Å². The number of fused-ring (bicyclic) bond motifs is 16. The van der Waals surface area contributed by atoms with Crippen LogP contribution in [0, 0.1) is 13.8 Å². The van der Waals surface area contributed by atoms with Gasteiger partial charge in [-0.2, -0.15) is 0 Å². The van der Waals surface area contributed by atoms with E-state index < -0.39 is 0 Å². The van der Waals surface area contributed by atoms with Gasteiger partial charge in [0.25, 0.3) is 0 Å². The SMILES string of the molecule is Cc1ccc2c(c1)Sc1cc(-n3c4ccccc4c4c5oc6ccccc6c5c5oc6ccccc6c5c43)cc3c1B2c1ccc(C)cc1S3. The highest BCUT2D eigenvalue weighted by atomic mass is 32.2. The van der Waals surface area contributed by atoms with E-state index in [0.717, 1.165) is 66.0 Å². The first-order valence-corrected chi connectivity index (χ1v) is 18.7. The summed E-state index contributed by atoms with van der Waals surface area (Å²) < 4.78 is 16.1. The standard InChI is InChI=1S/C44H26BNO2S2/c1-23-15-17-29-34(19-23)49-36-21-25(22-37-41(36)45(29)30-18-16-24(2)20-35(30)50-37)46-31-12-6-3-9-26(31)38-42(46)39-27-10-4-7-13-32(27)47-44(39)40-28-11-5-8-14-33(28)48-43(38)40/h3-22H,1-2H3. The fraction of sp³-hybridized carbons (Fsp3) is 0.0455. The van der Waals surface area contributed by atoms with Crippen molar-refractivity contribution < 1.29 is 8.83 Å². The molecule has 0 spiro atoms. The summed E-state index contributed by atoms with van der Waals surface area (Å²) in [7, 11) is 0. The summed E-state index contributed by atoms with van der Waals surface area (Å²) in [5.41, 5.74) is 13.7. The van der Waals surface area contributed by atoms with Crippen LogP contribution < -0.4 is 16.4 Å². The van der Waals surface area contributed by atoms with Crippen LogP contribution in [0.4, 0.5) is 0 Å². The Balaban J connectivity index is 1.25. The van der Waals surface area contributed by atoms with Crippen molar-refractivity contribution in [2.24, 2.45) is 0 Å². The van der Waals surface area contributed by atoms with Crippen LogP contribution in [0.15, 0.2) is 150 Å². The third-order valence-corrected chi connectivity index (χ3v) is 13.1. The van der Waals surface area contributed by atoms with Crippen LogP contribution >= 0.6 is 23.5 Å². The zero-order valence-corrected chi connectivity index (χ0v) is 28.8. The Morgan fingerprint density at radius 3 is 1.66 bits per heavy atom. The van der Waals surface area contributed by atoms with E-state index in [1.165, 1.54) is 52.5 Å². The molecule has 0 aliphatic carbocycles. The molecule has 3 nitrogen and oxygen atoms in total. The van der Waals surface area contributed by atoms with Gasteiger partial charge in [-0.3, -0.25) is 0 Å². The molecule has 0 saturated heterocycles. The quantitative estimate of drug-likeness (QED) is 0.162. The minimum Gasteiger partial charge on any atom is -0.455 e. The van der Waals surface area contributed by atoms with E-state index in [4.69, 9.17) is 8.83 Å². The number of hydrogen-bond acceptors (Lipinski definition) is 4. The van der Waals surface area contributed by atoms with Gasteiger partial charge in [0.2, 0.25) is 6.71 Å². The molecule has 12 rings (SSSR count). The molecule has 2 aliphatic heterocycles. The molecular weight excluding hydrogens is 649 g/mol. The lowest BCUT2D eigenvalue weighted by molar-refractivity contribution is 0.665. The molecule has 7 aromatic carbocycles. The molecule has 0 N–H and O–H groups in total. The van der Waals surface area contributed by atoms with Crippen LogP contribution in [0.25, 0.3) is 71.4 Å². The molecule has 0 fully saturated rings. The van der Waals surface area contributed by atoms with E-state index >= 15 is 0 Å². The van der Waals surface area contributed by atoms with Crippen LogP contribution in [0.1, 0.15) is 11.1 Å². The van der Waals surface area contributed by atoms with Gasteiger partial charge < -0.3 is 13.4 Å². The minimum absolute atomic E-state index is 0.209. The summed E-state index contributed by atoms with van der Waals surface area (Å²) in [5.74, 6) is 0. The first kappa shape index (κ1) is 27.5. The summed E-state index contributed by atoms with van der Waals surface area (Å²) in [4.78, 5) is 5.34. The Morgan fingerprint density at radius 2 is 1.04 bits per heavy atom. The lowest BCUT2D eigenvalue weighted by atomic mass is 9.36. The molecule has 0 unspecified atom stereocenters. The predicted molar refractivity (Wildman–Crippen MR) is 211 cm³/mol. The van der Waals surface area contributed by atoms with Crippen molar-refractivity contribution in [1.29, 1.82) is 0 Å². The second kappa shape index (κ2) is 9.69. The summed E-state index contributed by atoms with van der Waals surface area (Å²) in [5, 5.41) is 6.64. The Kier molecular flexibility index (Phi) is 5.33. The van der Waals surface area contributed by atoms with Gasteiger partial charge in [0.05, 0.1) is 27.2 Å². The van der Waals surface area contributed by atoms with Gasteiger partial charge in [0.1, 0.15) is 22.3 Å². The number of para-hydroxylation sites is 3. The molecule has 0 bridgehead atoms. The van der Waals surface area contributed by atoms with Crippen LogP contribution in [0.5, 0.6) is 0 Å². The van der Waals surface area contributed by atoms with Crippen molar-refractivity contribution in [3.63, 3.8) is 0 Å².